The minimum atomic E-state index is -0.892. The third-order valence-electron chi connectivity index (χ3n) is 5.76. The molecule has 0 spiro atoms. The molecular weight excluding hydrogens is 408 g/mol. The number of rotatable bonds is 4. The maximum absolute atomic E-state index is 13.6. The Bertz CT molecular complexity index is 1160. The Morgan fingerprint density at radius 2 is 1.62 bits per heavy atom. The Morgan fingerprint density at radius 3 is 2.19 bits per heavy atom. The standard InChI is InChI=1S/C25H28N2O5/c1-13-18-16(12-17(30-5)21(31-6)22(18)32-7)20(23(28)26-25(2,3)4)27-19(13)14-10-8-9-11-15(14)24(27)29/h8-12,20H,1-7H3,(H,26,28)/t20-/m1/s1. The van der Waals surface area contributed by atoms with Gasteiger partial charge in [0.25, 0.3) is 5.91 Å². The van der Waals surface area contributed by atoms with Crippen molar-refractivity contribution in [2.24, 2.45) is 0 Å². The summed E-state index contributed by atoms with van der Waals surface area (Å²) < 4.78 is 16.9. The van der Waals surface area contributed by atoms with Gasteiger partial charge in [-0.05, 0) is 51.0 Å². The molecule has 1 atom stereocenters. The molecule has 2 aliphatic rings. The second-order valence-electron chi connectivity index (χ2n) is 8.95. The first-order valence-corrected chi connectivity index (χ1v) is 10.4. The lowest BCUT2D eigenvalue weighted by Gasteiger charge is -2.38. The predicted octanol–water partition coefficient (Wildman–Crippen LogP) is 4.03. The fraction of sp³-hybridized carbons (Fsp3) is 0.360. The van der Waals surface area contributed by atoms with Gasteiger partial charge in [-0.1, -0.05) is 18.2 Å². The summed E-state index contributed by atoms with van der Waals surface area (Å²) in [6.07, 6.45) is 0. The SMILES string of the molecule is COc1cc2c(c(OC)c1OC)C(C)=C1c3ccccc3C(=O)N1[C@H]2C(=O)NC(C)(C)C. The molecule has 0 radical (unpaired) electrons. The highest BCUT2D eigenvalue weighted by molar-refractivity contribution is 6.17. The number of nitrogens with zero attached hydrogens (tertiary/aromatic N) is 1. The van der Waals surface area contributed by atoms with Gasteiger partial charge in [-0.25, -0.2) is 0 Å². The number of carbonyl (C=O) groups excluding carboxylic acids is 2. The summed E-state index contributed by atoms with van der Waals surface area (Å²) in [5.41, 5.74) is 3.78. The molecule has 2 aliphatic heterocycles. The van der Waals surface area contributed by atoms with Crippen molar-refractivity contribution in [2.45, 2.75) is 39.3 Å². The van der Waals surface area contributed by atoms with Crippen LogP contribution < -0.4 is 19.5 Å². The Morgan fingerprint density at radius 1 is 1.00 bits per heavy atom. The lowest BCUT2D eigenvalue weighted by molar-refractivity contribution is -0.126. The summed E-state index contributed by atoms with van der Waals surface area (Å²) in [7, 11) is 4.63. The highest BCUT2D eigenvalue weighted by Crippen LogP contribution is 2.55. The minimum absolute atomic E-state index is 0.205. The first kappa shape index (κ1) is 21.7. The summed E-state index contributed by atoms with van der Waals surface area (Å²) in [5.74, 6) is 0.853. The predicted molar refractivity (Wildman–Crippen MR) is 122 cm³/mol. The molecule has 0 saturated heterocycles. The third kappa shape index (κ3) is 3.11. The van der Waals surface area contributed by atoms with Crippen LogP contribution in [-0.2, 0) is 4.79 Å². The van der Waals surface area contributed by atoms with Crippen LogP contribution in [-0.4, -0.2) is 43.6 Å². The first-order valence-electron chi connectivity index (χ1n) is 10.4. The summed E-state index contributed by atoms with van der Waals surface area (Å²) in [5, 5.41) is 3.04. The maximum atomic E-state index is 13.6. The molecule has 2 aromatic rings. The van der Waals surface area contributed by atoms with Gasteiger partial charge < -0.3 is 19.5 Å². The molecule has 7 nitrogen and oxygen atoms in total. The van der Waals surface area contributed by atoms with E-state index in [1.54, 1.807) is 31.3 Å². The minimum Gasteiger partial charge on any atom is -0.493 e. The van der Waals surface area contributed by atoms with Crippen LogP contribution in [0.1, 0.15) is 60.8 Å². The van der Waals surface area contributed by atoms with E-state index in [0.29, 0.717) is 34.1 Å². The number of hydrogen-bond donors (Lipinski definition) is 1. The molecule has 0 aromatic heterocycles. The van der Waals surface area contributed by atoms with E-state index in [1.807, 2.05) is 45.9 Å². The molecule has 0 bridgehead atoms. The summed E-state index contributed by atoms with van der Waals surface area (Å²) in [6.45, 7) is 7.66. The van der Waals surface area contributed by atoms with E-state index in [4.69, 9.17) is 14.2 Å². The summed E-state index contributed by atoms with van der Waals surface area (Å²) in [4.78, 5) is 28.8. The van der Waals surface area contributed by atoms with Crippen molar-refractivity contribution in [1.82, 2.24) is 10.2 Å². The van der Waals surface area contributed by atoms with Crippen LogP contribution >= 0.6 is 0 Å². The smallest absolute Gasteiger partial charge is 0.260 e. The zero-order valence-electron chi connectivity index (χ0n) is 19.5. The fourth-order valence-electron chi connectivity index (χ4n) is 4.60. The Kier molecular flexibility index (Phi) is 5.15. The molecule has 32 heavy (non-hydrogen) atoms. The molecule has 2 aromatic carbocycles. The van der Waals surface area contributed by atoms with Gasteiger partial charge in [-0.2, -0.15) is 0 Å². The number of hydrogen-bond acceptors (Lipinski definition) is 5. The highest BCUT2D eigenvalue weighted by atomic mass is 16.5. The molecule has 2 heterocycles. The molecule has 0 aliphatic carbocycles. The van der Waals surface area contributed by atoms with Crippen LogP contribution in [0.4, 0.5) is 0 Å². The third-order valence-corrected chi connectivity index (χ3v) is 5.76. The van der Waals surface area contributed by atoms with Crippen LogP contribution in [0.2, 0.25) is 0 Å². The molecule has 4 rings (SSSR count). The number of carbonyl (C=O) groups is 2. The average molecular weight is 437 g/mol. The normalized spacial score (nSPS) is 16.9. The zero-order chi connectivity index (χ0) is 23.4. The molecule has 0 fully saturated rings. The number of amides is 2. The number of nitrogens with one attached hydrogen (secondary N) is 1. The van der Waals surface area contributed by atoms with Gasteiger partial charge in [0.1, 0.15) is 6.04 Å². The van der Waals surface area contributed by atoms with E-state index in [0.717, 1.165) is 16.7 Å². The lowest BCUT2D eigenvalue weighted by atomic mass is 9.86. The van der Waals surface area contributed by atoms with Gasteiger partial charge in [-0.3, -0.25) is 14.5 Å². The van der Waals surface area contributed by atoms with E-state index < -0.39 is 11.6 Å². The molecule has 2 amide bonds. The second-order valence-corrected chi connectivity index (χ2v) is 8.95. The molecular formula is C25H28N2O5. The van der Waals surface area contributed by atoms with Crippen LogP contribution in [0.5, 0.6) is 17.2 Å². The van der Waals surface area contributed by atoms with E-state index in [1.165, 1.54) is 7.11 Å². The molecule has 0 unspecified atom stereocenters. The van der Waals surface area contributed by atoms with E-state index >= 15 is 0 Å². The maximum Gasteiger partial charge on any atom is 0.260 e. The lowest BCUT2D eigenvalue weighted by Crippen LogP contribution is -2.48. The monoisotopic (exact) mass is 436 g/mol. The largest absolute Gasteiger partial charge is 0.493 e. The van der Waals surface area contributed by atoms with E-state index in [-0.39, 0.29) is 11.8 Å². The van der Waals surface area contributed by atoms with Crippen LogP contribution in [0.15, 0.2) is 30.3 Å². The zero-order valence-corrected chi connectivity index (χ0v) is 19.5. The van der Waals surface area contributed by atoms with Crippen molar-refractivity contribution in [1.29, 1.82) is 0 Å². The van der Waals surface area contributed by atoms with Crippen LogP contribution in [0.25, 0.3) is 11.3 Å². The van der Waals surface area contributed by atoms with Crippen molar-refractivity contribution < 1.29 is 23.8 Å². The summed E-state index contributed by atoms with van der Waals surface area (Å²) in [6, 6.07) is 8.29. The number of benzene rings is 2. The highest BCUT2D eigenvalue weighted by Gasteiger charge is 2.47. The van der Waals surface area contributed by atoms with Gasteiger partial charge in [0.2, 0.25) is 11.7 Å². The quantitative estimate of drug-likeness (QED) is 0.783. The second kappa shape index (κ2) is 7.58. The summed E-state index contributed by atoms with van der Waals surface area (Å²) >= 11 is 0. The van der Waals surface area contributed by atoms with Crippen LogP contribution in [0, 0.1) is 0 Å². The van der Waals surface area contributed by atoms with Gasteiger partial charge in [0.05, 0.1) is 27.0 Å². The number of methoxy groups -OCH3 is 3. The van der Waals surface area contributed by atoms with Crippen molar-refractivity contribution in [3.05, 3.63) is 52.6 Å². The molecule has 7 heteroatoms. The van der Waals surface area contributed by atoms with Crippen LogP contribution in [0.3, 0.4) is 0 Å². The number of allylic oxidation sites excluding steroid dienone is 1. The van der Waals surface area contributed by atoms with Gasteiger partial charge >= 0.3 is 0 Å². The topological polar surface area (TPSA) is 77.1 Å². The number of ether oxygens (including phenoxy) is 3. The first-order chi connectivity index (χ1) is 15.1. The van der Waals surface area contributed by atoms with E-state index in [2.05, 4.69) is 5.32 Å². The molecule has 168 valence electrons. The van der Waals surface area contributed by atoms with Crippen molar-refractivity contribution in [2.75, 3.05) is 21.3 Å². The number of fused-ring (bicyclic) bond motifs is 4. The van der Waals surface area contributed by atoms with Gasteiger partial charge in [-0.15, -0.1) is 0 Å². The van der Waals surface area contributed by atoms with Crippen molar-refractivity contribution >= 4 is 23.1 Å². The Labute approximate surface area is 188 Å². The van der Waals surface area contributed by atoms with Crippen molar-refractivity contribution in [3.63, 3.8) is 0 Å². The average Bonchev–Trinajstić information content (AvgIpc) is 3.04. The fourth-order valence-corrected chi connectivity index (χ4v) is 4.60. The molecule has 1 N–H and O–H groups in total. The Balaban J connectivity index is 2.08. The van der Waals surface area contributed by atoms with Gasteiger partial charge in [0.15, 0.2) is 11.5 Å². The van der Waals surface area contributed by atoms with Gasteiger partial charge in [0, 0.05) is 22.2 Å². The Hall–Kier alpha value is -3.48. The molecule has 0 saturated carbocycles. The van der Waals surface area contributed by atoms with Crippen molar-refractivity contribution in [3.8, 4) is 17.2 Å². The van der Waals surface area contributed by atoms with E-state index in [9.17, 15) is 9.59 Å².